The summed E-state index contributed by atoms with van der Waals surface area (Å²) in [5.74, 6) is 0.742. The first-order chi connectivity index (χ1) is 9.58. The highest BCUT2D eigenvalue weighted by Gasteiger charge is 2.32. The van der Waals surface area contributed by atoms with Crippen molar-refractivity contribution in [3.05, 3.63) is 29.8 Å². The summed E-state index contributed by atoms with van der Waals surface area (Å²) < 4.78 is 13.4. The first-order valence-electron chi connectivity index (χ1n) is 6.61. The maximum Gasteiger partial charge on any atom is 0.145 e. The van der Waals surface area contributed by atoms with Crippen molar-refractivity contribution in [3.8, 4) is 0 Å². The molecule has 106 valence electrons. The predicted molar refractivity (Wildman–Crippen MR) is 81.4 cm³/mol. The lowest BCUT2D eigenvalue weighted by atomic mass is 10.1. The third-order valence-corrected chi connectivity index (χ3v) is 4.48. The minimum absolute atomic E-state index is 0.210. The van der Waals surface area contributed by atoms with Crippen LogP contribution in [0.2, 0.25) is 0 Å². The Morgan fingerprint density at radius 2 is 2.15 bits per heavy atom. The zero-order chi connectivity index (χ0) is 14.3. The van der Waals surface area contributed by atoms with Crippen molar-refractivity contribution in [1.82, 2.24) is 4.98 Å². The van der Waals surface area contributed by atoms with Crippen LogP contribution in [0.1, 0.15) is 5.56 Å². The lowest BCUT2D eigenvalue weighted by Gasteiger charge is -2.18. The van der Waals surface area contributed by atoms with Gasteiger partial charge in [-0.25, -0.2) is 9.37 Å². The number of aliphatic hydroxyl groups excluding tert-OH is 1. The number of hydrogen-bond donors (Lipinski definition) is 1. The third-order valence-electron chi connectivity index (χ3n) is 3.75. The maximum atomic E-state index is 13.4. The molecule has 1 saturated heterocycles. The molecule has 0 amide bonds. The maximum absolute atomic E-state index is 13.4. The number of nitrogens with zero attached hydrogens (tertiary/aromatic N) is 2. The molecule has 1 aromatic heterocycles. The van der Waals surface area contributed by atoms with E-state index in [1.54, 1.807) is 11.8 Å². The van der Waals surface area contributed by atoms with Gasteiger partial charge in [0, 0.05) is 16.8 Å². The molecule has 20 heavy (non-hydrogen) atoms. The second-order valence-corrected chi connectivity index (χ2v) is 6.05. The monoisotopic (exact) mass is 292 g/mol. The number of alkyl halides is 1. The fourth-order valence-electron chi connectivity index (χ4n) is 2.58. The first-order valence-corrected chi connectivity index (χ1v) is 7.83. The van der Waals surface area contributed by atoms with Crippen LogP contribution in [0, 0.1) is 6.92 Å². The summed E-state index contributed by atoms with van der Waals surface area (Å²) >= 11 is 1.70. The van der Waals surface area contributed by atoms with Crippen LogP contribution in [0.3, 0.4) is 0 Å². The second-order valence-electron chi connectivity index (χ2n) is 5.17. The van der Waals surface area contributed by atoms with Crippen molar-refractivity contribution < 1.29 is 9.50 Å². The molecular formula is C15H17FN2OS. The van der Waals surface area contributed by atoms with E-state index in [9.17, 15) is 9.50 Å². The summed E-state index contributed by atoms with van der Waals surface area (Å²) in [5.41, 5.74) is 2.03. The van der Waals surface area contributed by atoms with E-state index in [0.29, 0.717) is 6.54 Å². The molecule has 3 nitrogen and oxygen atoms in total. The summed E-state index contributed by atoms with van der Waals surface area (Å²) in [5, 5.41) is 10.7. The lowest BCUT2D eigenvalue weighted by molar-refractivity contribution is 0.118. The molecule has 2 atom stereocenters. The van der Waals surface area contributed by atoms with Gasteiger partial charge in [0.25, 0.3) is 0 Å². The van der Waals surface area contributed by atoms with Gasteiger partial charge in [0.1, 0.15) is 18.1 Å². The van der Waals surface area contributed by atoms with Crippen molar-refractivity contribution >= 4 is 28.5 Å². The van der Waals surface area contributed by atoms with E-state index in [-0.39, 0.29) is 6.54 Å². The van der Waals surface area contributed by atoms with Crippen LogP contribution in [-0.4, -0.2) is 41.7 Å². The number of aliphatic hydroxyl groups is 1. The van der Waals surface area contributed by atoms with Gasteiger partial charge in [0.2, 0.25) is 0 Å². The van der Waals surface area contributed by atoms with Gasteiger partial charge in [0.05, 0.1) is 12.1 Å². The Bertz CT molecular complexity index is 639. The Hall–Kier alpha value is -1.33. The van der Waals surface area contributed by atoms with Crippen LogP contribution >= 0.6 is 11.8 Å². The smallest absolute Gasteiger partial charge is 0.145 e. The van der Waals surface area contributed by atoms with Gasteiger partial charge in [-0.05, 0) is 43.0 Å². The molecule has 0 bridgehead atoms. The van der Waals surface area contributed by atoms with Gasteiger partial charge in [-0.1, -0.05) is 0 Å². The summed E-state index contributed by atoms with van der Waals surface area (Å²) in [7, 11) is 0. The number of rotatable bonds is 2. The fraction of sp³-hybridized carbons (Fsp3) is 0.400. The molecule has 1 aromatic carbocycles. The molecule has 1 fully saturated rings. The van der Waals surface area contributed by atoms with E-state index < -0.39 is 12.3 Å². The largest absolute Gasteiger partial charge is 0.388 e. The SMILES string of the molecule is CSc1ccc2nc(N3C[C@@H](O)[C@H](F)C3)cc(C)c2c1. The Labute approximate surface area is 121 Å². The molecule has 0 unspecified atom stereocenters. The minimum Gasteiger partial charge on any atom is -0.388 e. The minimum atomic E-state index is -1.19. The fourth-order valence-corrected chi connectivity index (χ4v) is 3.02. The molecule has 1 aliphatic heterocycles. The second kappa shape index (κ2) is 5.22. The summed E-state index contributed by atoms with van der Waals surface area (Å²) in [6, 6.07) is 8.14. The van der Waals surface area contributed by atoms with Crippen LogP contribution < -0.4 is 4.90 Å². The third kappa shape index (κ3) is 2.36. The number of β-amino-alcohol motifs (C(OH)–C–C–N with tert-alkyl or cyclic N) is 1. The topological polar surface area (TPSA) is 36.4 Å². The Kier molecular flexibility index (Phi) is 3.56. The van der Waals surface area contributed by atoms with Crippen molar-refractivity contribution in [2.45, 2.75) is 24.1 Å². The van der Waals surface area contributed by atoms with Crippen LogP contribution in [-0.2, 0) is 0 Å². The van der Waals surface area contributed by atoms with Crippen LogP contribution in [0.4, 0.5) is 10.2 Å². The summed E-state index contributed by atoms with van der Waals surface area (Å²) in [6.45, 7) is 2.56. The molecule has 1 N–H and O–H groups in total. The molecule has 2 aromatic rings. The van der Waals surface area contributed by atoms with Gasteiger partial charge in [-0.2, -0.15) is 0 Å². The molecule has 0 saturated carbocycles. The van der Waals surface area contributed by atoms with Gasteiger partial charge in [-0.15, -0.1) is 11.8 Å². The Morgan fingerprint density at radius 3 is 2.80 bits per heavy atom. The predicted octanol–water partition coefficient (Wildman–Crippen LogP) is 2.78. The first kappa shape index (κ1) is 13.6. The van der Waals surface area contributed by atoms with E-state index in [1.165, 1.54) is 4.90 Å². The summed E-state index contributed by atoms with van der Waals surface area (Å²) in [6.07, 6.45) is -0.0518. The van der Waals surface area contributed by atoms with Crippen molar-refractivity contribution in [1.29, 1.82) is 0 Å². The Morgan fingerprint density at radius 1 is 1.35 bits per heavy atom. The molecule has 0 radical (unpaired) electrons. The van der Waals surface area contributed by atoms with Crippen LogP contribution in [0.15, 0.2) is 29.2 Å². The van der Waals surface area contributed by atoms with Gasteiger partial charge < -0.3 is 10.0 Å². The van der Waals surface area contributed by atoms with Crippen molar-refractivity contribution in [2.24, 2.45) is 0 Å². The zero-order valence-electron chi connectivity index (χ0n) is 11.5. The van der Waals surface area contributed by atoms with E-state index in [1.807, 2.05) is 36.3 Å². The van der Waals surface area contributed by atoms with Gasteiger partial charge in [0.15, 0.2) is 0 Å². The number of anilines is 1. The quantitative estimate of drug-likeness (QED) is 0.864. The standard InChI is InChI=1S/C15H17FN2OS/c1-9-5-15(18-7-12(16)14(19)8-18)17-13-4-3-10(20-2)6-11(9)13/h3-6,12,14,19H,7-8H2,1-2H3/t12-,14-/m1/s1. The number of aromatic nitrogens is 1. The average Bonchev–Trinajstić information content (AvgIpc) is 2.78. The number of benzene rings is 1. The lowest BCUT2D eigenvalue weighted by Crippen LogP contribution is -2.22. The van der Waals surface area contributed by atoms with E-state index in [4.69, 9.17) is 0 Å². The highest BCUT2D eigenvalue weighted by Crippen LogP contribution is 2.28. The van der Waals surface area contributed by atoms with Gasteiger partial charge >= 0.3 is 0 Å². The summed E-state index contributed by atoms with van der Waals surface area (Å²) in [4.78, 5) is 7.62. The van der Waals surface area contributed by atoms with Crippen molar-refractivity contribution in [3.63, 3.8) is 0 Å². The Balaban J connectivity index is 2.02. The molecular weight excluding hydrogens is 275 g/mol. The van der Waals surface area contributed by atoms with Crippen molar-refractivity contribution in [2.75, 3.05) is 24.2 Å². The number of pyridine rings is 1. The van der Waals surface area contributed by atoms with Crippen LogP contribution in [0.25, 0.3) is 10.9 Å². The van der Waals surface area contributed by atoms with E-state index >= 15 is 0 Å². The number of hydrogen-bond acceptors (Lipinski definition) is 4. The normalized spacial score (nSPS) is 22.7. The van der Waals surface area contributed by atoms with Gasteiger partial charge in [-0.3, -0.25) is 0 Å². The molecule has 0 spiro atoms. The number of fused-ring (bicyclic) bond motifs is 1. The van der Waals surface area contributed by atoms with E-state index in [2.05, 4.69) is 11.1 Å². The number of aryl methyl sites for hydroxylation is 1. The zero-order valence-corrected chi connectivity index (χ0v) is 12.3. The number of thioether (sulfide) groups is 1. The van der Waals surface area contributed by atoms with E-state index in [0.717, 1.165) is 22.3 Å². The molecule has 2 heterocycles. The highest BCUT2D eigenvalue weighted by atomic mass is 32.2. The molecule has 0 aliphatic carbocycles. The average molecular weight is 292 g/mol. The molecule has 3 rings (SSSR count). The number of halogens is 1. The van der Waals surface area contributed by atoms with Crippen LogP contribution in [0.5, 0.6) is 0 Å². The molecule has 5 heteroatoms. The highest BCUT2D eigenvalue weighted by molar-refractivity contribution is 7.98. The molecule has 1 aliphatic rings.